The minimum atomic E-state index is -0.278. The van der Waals surface area contributed by atoms with E-state index >= 15 is 0 Å². The maximum atomic E-state index is 12.4. The van der Waals surface area contributed by atoms with Crippen LogP contribution in [0.3, 0.4) is 0 Å². The lowest BCUT2D eigenvalue weighted by Gasteiger charge is -2.25. The van der Waals surface area contributed by atoms with E-state index in [0.29, 0.717) is 12.3 Å². The van der Waals surface area contributed by atoms with E-state index in [-0.39, 0.29) is 18.6 Å². The molecule has 4 heteroatoms. The summed E-state index contributed by atoms with van der Waals surface area (Å²) in [6.45, 7) is 3.68. The Bertz CT molecular complexity index is 394. The number of anilines is 1. The molecule has 1 amide bonds. The van der Waals surface area contributed by atoms with Gasteiger partial charge >= 0.3 is 0 Å². The quantitative estimate of drug-likeness (QED) is 0.839. The zero-order valence-corrected chi connectivity index (χ0v) is 10.7. The normalized spacial score (nSPS) is 25.0. The fraction of sp³-hybridized carbons (Fsp3) is 0.500. The van der Waals surface area contributed by atoms with E-state index in [1.807, 2.05) is 35.2 Å². The van der Waals surface area contributed by atoms with E-state index in [9.17, 15) is 4.79 Å². The van der Waals surface area contributed by atoms with Crippen molar-refractivity contribution in [3.05, 3.63) is 30.3 Å². The Morgan fingerprint density at radius 2 is 2.11 bits per heavy atom. The molecule has 1 aromatic rings. The number of para-hydroxylation sites is 1. The lowest BCUT2D eigenvalue weighted by atomic mass is 10.1. The predicted octanol–water partition coefficient (Wildman–Crippen LogP) is 1.01. The predicted molar refractivity (Wildman–Crippen MR) is 71.5 cm³/mol. The Morgan fingerprint density at radius 1 is 1.39 bits per heavy atom. The number of carbonyl (C=O) groups is 1. The molecule has 98 valence electrons. The third kappa shape index (κ3) is 2.89. The van der Waals surface area contributed by atoms with Gasteiger partial charge in [-0.15, -0.1) is 0 Å². The second kappa shape index (κ2) is 5.98. The number of hydrogen-bond donors (Lipinski definition) is 2. The van der Waals surface area contributed by atoms with Gasteiger partial charge in [0, 0.05) is 25.4 Å². The summed E-state index contributed by atoms with van der Waals surface area (Å²) in [6.07, 6.45) is 0.467. The van der Waals surface area contributed by atoms with Gasteiger partial charge in [0.25, 0.3) is 0 Å². The smallest absolute Gasteiger partial charge is 0.244 e. The van der Waals surface area contributed by atoms with Crippen molar-refractivity contribution in [3.63, 3.8) is 0 Å². The standard InChI is InChI=1S/C14H20N2O2/c1-11-9-15-13(7-8-17)14(18)16(10-11)12-5-3-2-4-6-12/h2-6,11,13,15,17H,7-10H2,1H3. The molecule has 0 saturated carbocycles. The number of rotatable bonds is 3. The number of nitrogens with zero attached hydrogens (tertiary/aromatic N) is 1. The number of aliphatic hydroxyl groups is 1. The molecule has 1 heterocycles. The minimum Gasteiger partial charge on any atom is -0.396 e. The van der Waals surface area contributed by atoms with E-state index in [4.69, 9.17) is 5.11 Å². The van der Waals surface area contributed by atoms with Gasteiger partial charge in [0.1, 0.15) is 0 Å². The molecule has 1 aliphatic rings. The first kappa shape index (κ1) is 13.1. The highest BCUT2D eigenvalue weighted by Crippen LogP contribution is 2.19. The number of carbonyl (C=O) groups excluding carboxylic acids is 1. The first-order chi connectivity index (χ1) is 8.72. The Balaban J connectivity index is 2.23. The molecule has 2 unspecified atom stereocenters. The van der Waals surface area contributed by atoms with E-state index < -0.39 is 0 Å². The van der Waals surface area contributed by atoms with Crippen molar-refractivity contribution in [2.24, 2.45) is 5.92 Å². The summed E-state index contributed by atoms with van der Waals surface area (Å²) in [5, 5.41) is 12.3. The Hall–Kier alpha value is -1.39. The van der Waals surface area contributed by atoms with Gasteiger partial charge in [0.05, 0.1) is 6.04 Å². The third-order valence-corrected chi connectivity index (χ3v) is 3.26. The summed E-state index contributed by atoms with van der Waals surface area (Å²) in [5.41, 5.74) is 0.931. The summed E-state index contributed by atoms with van der Waals surface area (Å²) in [5.74, 6) is 0.456. The number of hydrogen-bond acceptors (Lipinski definition) is 3. The topological polar surface area (TPSA) is 52.6 Å². The molecular formula is C14H20N2O2. The monoisotopic (exact) mass is 248 g/mol. The highest BCUT2D eigenvalue weighted by Gasteiger charge is 2.29. The van der Waals surface area contributed by atoms with Crippen molar-refractivity contribution >= 4 is 11.6 Å². The van der Waals surface area contributed by atoms with Crippen LogP contribution < -0.4 is 10.2 Å². The van der Waals surface area contributed by atoms with Crippen molar-refractivity contribution in [1.29, 1.82) is 0 Å². The Morgan fingerprint density at radius 3 is 2.78 bits per heavy atom. The van der Waals surface area contributed by atoms with Crippen LogP contribution in [-0.2, 0) is 4.79 Å². The molecule has 1 fully saturated rings. The van der Waals surface area contributed by atoms with Gasteiger partial charge in [-0.3, -0.25) is 4.79 Å². The van der Waals surface area contributed by atoms with E-state index in [1.54, 1.807) is 0 Å². The largest absolute Gasteiger partial charge is 0.396 e. The second-order valence-electron chi connectivity index (χ2n) is 4.86. The van der Waals surface area contributed by atoms with Gasteiger partial charge in [0.2, 0.25) is 5.91 Å². The molecule has 0 bridgehead atoms. The van der Waals surface area contributed by atoms with Crippen LogP contribution in [0.5, 0.6) is 0 Å². The molecule has 0 aliphatic carbocycles. The molecule has 2 N–H and O–H groups in total. The molecule has 4 nitrogen and oxygen atoms in total. The molecule has 2 rings (SSSR count). The molecule has 1 aromatic carbocycles. The number of nitrogens with one attached hydrogen (secondary N) is 1. The average Bonchev–Trinajstić information content (AvgIpc) is 2.53. The van der Waals surface area contributed by atoms with Gasteiger partial charge in [-0.2, -0.15) is 0 Å². The van der Waals surface area contributed by atoms with Crippen LogP contribution in [0.4, 0.5) is 5.69 Å². The fourth-order valence-corrected chi connectivity index (χ4v) is 2.28. The zero-order chi connectivity index (χ0) is 13.0. The van der Waals surface area contributed by atoms with Crippen LogP contribution >= 0.6 is 0 Å². The van der Waals surface area contributed by atoms with Crippen LogP contribution in [0.15, 0.2) is 30.3 Å². The maximum Gasteiger partial charge on any atom is 0.244 e. The molecule has 0 aromatic heterocycles. The van der Waals surface area contributed by atoms with Crippen molar-refractivity contribution < 1.29 is 9.90 Å². The maximum absolute atomic E-state index is 12.4. The van der Waals surface area contributed by atoms with Gasteiger partial charge in [-0.25, -0.2) is 0 Å². The molecule has 0 radical (unpaired) electrons. The van der Waals surface area contributed by atoms with Gasteiger partial charge in [-0.05, 0) is 24.5 Å². The number of amides is 1. The van der Waals surface area contributed by atoms with Crippen LogP contribution in [0.1, 0.15) is 13.3 Å². The molecule has 0 spiro atoms. The van der Waals surface area contributed by atoms with Gasteiger partial charge in [0.15, 0.2) is 0 Å². The molecule has 2 atom stereocenters. The summed E-state index contributed by atoms with van der Waals surface area (Å²) in [6, 6.07) is 9.44. The fourth-order valence-electron chi connectivity index (χ4n) is 2.28. The SMILES string of the molecule is CC1CNC(CCO)C(=O)N(c2ccccc2)C1. The first-order valence-corrected chi connectivity index (χ1v) is 6.43. The molecular weight excluding hydrogens is 228 g/mol. The molecule has 1 saturated heterocycles. The highest BCUT2D eigenvalue weighted by molar-refractivity contribution is 5.97. The summed E-state index contributed by atoms with van der Waals surface area (Å²) >= 11 is 0. The van der Waals surface area contributed by atoms with E-state index in [0.717, 1.165) is 18.8 Å². The second-order valence-corrected chi connectivity index (χ2v) is 4.86. The zero-order valence-electron chi connectivity index (χ0n) is 10.7. The Labute approximate surface area is 108 Å². The summed E-state index contributed by atoms with van der Waals surface area (Å²) in [7, 11) is 0. The third-order valence-electron chi connectivity index (χ3n) is 3.26. The number of aliphatic hydroxyl groups excluding tert-OH is 1. The van der Waals surface area contributed by atoms with Crippen molar-refractivity contribution in [3.8, 4) is 0 Å². The van der Waals surface area contributed by atoms with E-state index in [2.05, 4.69) is 12.2 Å². The lowest BCUT2D eigenvalue weighted by Crippen LogP contribution is -2.44. The van der Waals surface area contributed by atoms with Crippen LogP contribution in [0.25, 0.3) is 0 Å². The molecule has 1 aliphatic heterocycles. The van der Waals surface area contributed by atoms with Crippen molar-refractivity contribution in [2.75, 3.05) is 24.6 Å². The highest BCUT2D eigenvalue weighted by atomic mass is 16.3. The first-order valence-electron chi connectivity index (χ1n) is 6.43. The Kier molecular flexibility index (Phi) is 4.33. The summed E-state index contributed by atoms with van der Waals surface area (Å²) < 4.78 is 0. The van der Waals surface area contributed by atoms with Crippen molar-refractivity contribution in [2.45, 2.75) is 19.4 Å². The average molecular weight is 248 g/mol. The van der Waals surface area contributed by atoms with Crippen LogP contribution in [-0.4, -0.2) is 36.8 Å². The van der Waals surface area contributed by atoms with Crippen LogP contribution in [0.2, 0.25) is 0 Å². The number of benzene rings is 1. The molecule has 18 heavy (non-hydrogen) atoms. The summed E-state index contributed by atoms with van der Waals surface area (Å²) in [4.78, 5) is 14.3. The van der Waals surface area contributed by atoms with Crippen molar-refractivity contribution in [1.82, 2.24) is 5.32 Å². The van der Waals surface area contributed by atoms with Crippen LogP contribution in [0, 0.1) is 5.92 Å². The minimum absolute atomic E-state index is 0.0282. The van der Waals surface area contributed by atoms with Gasteiger partial charge < -0.3 is 15.3 Å². The van der Waals surface area contributed by atoms with E-state index in [1.165, 1.54) is 0 Å². The van der Waals surface area contributed by atoms with Gasteiger partial charge in [-0.1, -0.05) is 25.1 Å². The lowest BCUT2D eigenvalue weighted by molar-refractivity contribution is -0.120.